The number of anilines is 1. The van der Waals surface area contributed by atoms with Crippen LogP contribution in [0.25, 0.3) is 0 Å². The predicted molar refractivity (Wildman–Crippen MR) is 99.4 cm³/mol. The number of furan rings is 1. The third-order valence-corrected chi connectivity index (χ3v) is 4.35. The van der Waals surface area contributed by atoms with Crippen molar-refractivity contribution in [2.45, 2.75) is 13.1 Å². The van der Waals surface area contributed by atoms with Crippen LogP contribution in [-0.4, -0.2) is 18.4 Å². The molecule has 136 valence electrons. The maximum atomic E-state index is 12.5. The van der Waals surface area contributed by atoms with Crippen LogP contribution in [0.3, 0.4) is 0 Å². The van der Waals surface area contributed by atoms with Crippen LogP contribution in [-0.2, 0) is 17.9 Å². The lowest BCUT2D eigenvalue weighted by Crippen LogP contribution is -2.38. The lowest BCUT2D eigenvalue weighted by molar-refractivity contribution is -0.121. The molecule has 6 nitrogen and oxygen atoms in total. The number of fused-ring (bicyclic) bond motifs is 1. The smallest absolute Gasteiger partial charge is 0.265 e. The van der Waals surface area contributed by atoms with Crippen molar-refractivity contribution < 1.29 is 18.7 Å². The molecule has 1 aromatic heterocycles. The first kappa shape index (κ1) is 16.9. The van der Waals surface area contributed by atoms with Gasteiger partial charge in [-0.1, -0.05) is 30.3 Å². The van der Waals surface area contributed by atoms with E-state index < -0.39 is 0 Å². The van der Waals surface area contributed by atoms with E-state index in [0.717, 1.165) is 5.56 Å². The van der Waals surface area contributed by atoms with Crippen LogP contribution in [0.2, 0.25) is 0 Å². The average Bonchev–Trinajstić information content (AvgIpc) is 3.22. The van der Waals surface area contributed by atoms with E-state index in [0.29, 0.717) is 35.9 Å². The molecule has 27 heavy (non-hydrogen) atoms. The summed E-state index contributed by atoms with van der Waals surface area (Å²) in [5.41, 5.74) is 2.06. The fourth-order valence-electron chi connectivity index (χ4n) is 2.97. The molecule has 0 radical (unpaired) electrons. The highest BCUT2D eigenvalue weighted by atomic mass is 16.5. The van der Waals surface area contributed by atoms with E-state index in [1.54, 1.807) is 41.5 Å². The first-order valence-electron chi connectivity index (χ1n) is 8.62. The molecule has 0 aliphatic carbocycles. The van der Waals surface area contributed by atoms with Crippen LogP contribution in [0.5, 0.6) is 5.75 Å². The summed E-state index contributed by atoms with van der Waals surface area (Å²) < 4.78 is 10.7. The fourth-order valence-corrected chi connectivity index (χ4v) is 2.97. The molecule has 0 saturated heterocycles. The third kappa shape index (κ3) is 3.69. The van der Waals surface area contributed by atoms with Gasteiger partial charge in [0.15, 0.2) is 6.61 Å². The Morgan fingerprint density at radius 2 is 1.93 bits per heavy atom. The molecule has 0 atom stereocenters. The molecule has 2 heterocycles. The lowest BCUT2D eigenvalue weighted by Gasteiger charge is -2.29. The van der Waals surface area contributed by atoms with Crippen molar-refractivity contribution in [3.8, 4) is 5.75 Å². The van der Waals surface area contributed by atoms with Gasteiger partial charge in [-0.15, -0.1) is 0 Å². The Morgan fingerprint density at radius 3 is 2.70 bits per heavy atom. The number of nitrogens with one attached hydrogen (secondary N) is 1. The highest BCUT2D eigenvalue weighted by Gasteiger charge is 2.26. The molecule has 0 fully saturated rings. The summed E-state index contributed by atoms with van der Waals surface area (Å²) in [6.07, 6.45) is 1.56. The van der Waals surface area contributed by atoms with Crippen LogP contribution >= 0.6 is 0 Å². The summed E-state index contributed by atoms with van der Waals surface area (Å²) in [5, 5.41) is 2.81. The van der Waals surface area contributed by atoms with Gasteiger partial charge in [-0.2, -0.15) is 0 Å². The Labute approximate surface area is 156 Å². The molecule has 1 N–H and O–H groups in total. The maximum Gasteiger partial charge on any atom is 0.265 e. The van der Waals surface area contributed by atoms with E-state index in [4.69, 9.17) is 9.15 Å². The Hall–Kier alpha value is -3.54. The van der Waals surface area contributed by atoms with Crippen LogP contribution in [0.1, 0.15) is 21.7 Å². The standard InChI is InChI=1S/C21H18N2O4/c24-20-14-27-19-9-8-16(21(25)22-12-17-7-4-10-26-17)11-18(19)23(20)13-15-5-2-1-3-6-15/h1-11H,12-14H2,(H,22,25). The molecule has 0 unspecified atom stereocenters. The fraction of sp³-hybridized carbons (Fsp3) is 0.143. The number of rotatable bonds is 5. The zero-order valence-corrected chi connectivity index (χ0v) is 14.6. The zero-order chi connectivity index (χ0) is 18.6. The minimum atomic E-state index is -0.244. The summed E-state index contributed by atoms with van der Waals surface area (Å²) in [6, 6.07) is 18.4. The molecule has 0 bridgehead atoms. The average molecular weight is 362 g/mol. The topological polar surface area (TPSA) is 71.8 Å². The Morgan fingerprint density at radius 1 is 1.07 bits per heavy atom. The number of carbonyl (C=O) groups excluding carboxylic acids is 2. The molecule has 2 aromatic carbocycles. The SMILES string of the molecule is O=C(NCc1ccco1)c1ccc2c(c1)N(Cc1ccccc1)C(=O)CO2. The molecule has 1 aliphatic rings. The van der Waals surface area contributed by atoms with Gasteiger partial charge in [-0.25, -0.2) is 0 Å². The van der Waals surface area contributed by atoms with E-state index >= 15 is 0 Å². The Bertz CT molecular complexity index is 952. The van der Waals surface area contributed by atoms with Crippen LogP contribution in [0.15, 0.2) is 71.3 Å². The number of hydrogen-bond acceptors (Lipinski definition) is 4. The number of carbonyl (C=O) groups is 2. The number of ether oxygens (including phenoxy) is 1. The van der Waals surface area contributed by atoms with Crippen molar-refractivity contribution in [1.29, 1.82) is 0 Å². The summed E-state index contributed by atoms with van der Waals surface area (Å²) in [6.45, 7) is 0.712. The highest BCUT2D eigenvalue weighted by molar-refractivity contribution is 6.01. The third-order valence-electron chi connectivity index (χ3n) is 4.35. The first-order chi connectivity index (χ1) is 13.2. The van der Waals surface area contributed by atoms with Gasteiger partial charge >= 0.3 is 0 Å². The highest BCUT2D eigenvalue weighted by Crippen LogP contribution is 2.34. The van der Waals surface area contributed by atoms with Crippen LogP contribution in [0, 0.1) is 0 Å². The molecular weight excluding hydrogens is 344 g/mol. The number of benzene rings is 2. The van der Waals surface area contributed by atoms with Crippen LogP contribution < -0.4 is 15.0 Å². The van der Waals surface area contributed by atoms with E-state index in [9.17, 15) is 9.59 Å². The van der Waals surface area contributed by atoms with Gasteiger partial charge in [0.25, 0.3) is 11.8 Å². The Kier molecular flexibility index (Phi) is 4.61. The van der Waals surface area contributed by atoms with E-state index in [1.165, 1.54) is 0 Å². The van der Waals surface area contributed by atoms with Gasteiger partial charge in [-0.3, -0.25) is 9.59 Å². The number of amides is 2. The van der Waals surface area contributed by atoms with E-state index in [2.05, 4.69) is 5.32 Å². The summed E-state index contributed by atoms with van der Waals surface area (Å²) in [5.74, 6) is 0.880. The van der Waals surface area contributed by atoms with Crippen LogP contribution in [0.4, 0.5) is 5.69 Å². The quantitative estimate of drug-likeness (QED) is 0.757. The second-order valence-electron chi connectivity index (χ2n) is 6.20. The second kappa shape index (κ2) is 7.37. The minimum absolute atomic E-state index is 0.0100. The summed E-state index contributed by atoms with van der Waals surface area (Å²) in [7, 11) is 0. The molecular formula is C21H18N2O4. The molecule has 2 amide bonds. The van der Waals surface area contributed by atoms with Gasteiger partial charge in [0.1, 0.15) is 11.5 Å². The van der Waals surface area contributed by atoms with Crippen molar-refractivity contribution in [3.63, 3.8) is 0 Å². The van der Waals surface area contributed by atoms with Gasteiger partial charge in [0.05, 0.1) is 25.0 Å². The molecule has 1 aliphatic heterocycles. The number of hydrogen-bond donors (Lipinski definition) is 1. The second-order valence-corrected chi connectivity index (χ2v) is 6.20. The van der Waals surface area contributed by atoms with Gasteiger partial charge < -0.3 is 19.4 Å². The Balaban J connectivity index is 1.56. The number of nitrogens with zero attached hydrogens (tertiary/aromatic N) is 1. The molecule has 0 spiro atoms. The lowest BCUT2D eigenvalue weighted by atomic mass is 10.1. The summed E-state index contributed by atoms with van der Waals surface area (Å²) in [4.78, 5) is 26.5. The molecule has 4 rings (SSSR count). The zero-order valence-electron chi connectivity index (χ0n) is 14.6. The van der Waals surface area contributed by atoms with E-state index in [-0.39, 0.29) is 18.4 Å². The van der Waals surface area contributed by atoms with Crippen molar-refractivity contribution in [2.75, 3.05) is 11.5 Å². The molecule has 0 saturated carbocycles. The van der Waals surface area contributed by atoms with Gasteiger partial charge in [-0.05, 0) is 35.9 Å². The van der Waals surface area contributed by atoms with Crippen molar-refractivity contribution in [2.24, 2.45) is 0 Å². The maximum absolute atomic E-state index is 12.5. The van der Waals surface area contributed by atoms with Gasteiger partial charge in [0, 0.05) is 5.56 Å². The largest absolute Gasteiger partial charge is 0.482 e. The van der Waals surface area contributed by atoms with E-state index in [1.807, 2.05) is 30.3 Å². The molecule has 3 aromatic rings. The normalized spacial score (nSPS) is 13.0. The van der Waals surface area contributed by atoms with Crippen molar-refractivity contribution in [3.05, 3.63) is 83.8 Å². The van der Waals surface area contributed by atoms with Crippen molar-refractivity contribution >= 4 is 17.5 Å². The van der Waals surface area contributed by atoms with Crippen molar-refractivity contribution in [1.82, 2.24) is 5.32 Å². The minimum Gasteiger partial charge on any atom is -0.482 e. The predicted octanol–water partition coefficient (Wildman–Crippen LogP) is 3.14. The summed E-state index contributed by atoms with van der Waals surface area (Å²) >= 11 is 0. The molecule has 6 heteroatoms. The first-order valence-corrected chi connectivity index (χ1v) is 8.62. The van der Waals surface area contributed by atoms with Gasteiger partial charge in [0.2, 0.25) is 0 Å². The monoisotopic (exact) mass is 362 g/mol.